The van der Waals surface area contributed by atoms with Gasteiger partial charge in [-0.3, -0.25) is 4.79 Å². The molecule has 0 atom stereocenters. The van der Waals surface area contributed by atoms with Crippen LogP contribution >= 0.6 is 0 Å². The van der Waals surface area contributed by atoms with Crippen LogP contribution in [0.5, 0.6) is 0 Å². The number of rotatable bonds is 1. The van der Waals surface area contributed by atoms with Gasteiger partial charge in [-0.05, 0) is 32.1 Å². The highest BCUT2D eigenvalue weighted by Gasteiger charge is 2.47. The molecule has 2 aliphatic rings. The number of nitrogens with zero attached hydrogens (tertiary/aromatic N) is 1. The third-order valence-corrected chi connectivity index (χ3v) is 2.99. The van der Waals surface area contributed by atoms with E-state index in [0.717, 1.165) is 32.4 Å². The summed E-state index contributed by atoms with van der Waals surface area (Å²) in [7, 11) is 0. The molecule has 2 rings (SSSR count). The van der Waals surface area contributed by atoms with Crippen molar-refractivity contribution in [1.29, 1.82) is 0 Å². The van der Waals surface area contributed by atoms with Gasteiger partial charge in [0.2, 0.25) is 5.91 Å². The van der Waals surface area contributed by atoms with E-state index in [1.54, 1.807) is 0 Å². The summed E-state index contributed by atoms with van der Waals surface area (Å²) in [5.41, 5.74) is 0.0329. The topological polar surface area (TPSA) is 20.3 Å². The van der Waals surface area contributed by atoms with Gasteiger partial charge < -0.3 is 4.90 Å². The molecule has 1 aliphatic carbocycles. The summed E-state index contributed by atoms with van der Waals surface area (Å²) in [4.78, 5) is 13.8. The molecule has 0 aromatic carbocycles. The van der Waals surface area contributed by atoms with E-state index in [0.29, 0.717) is 5.91 Å². The number of hydrogen-bond donors (Lipinski definition) is 0. The first-order valence-corrected chi connectivity index (χ1v) is 4.83. The van der Waals surface area contributed by atoms with E-state index < -0.39 is 0 Å². The number of amides is 1. The Morgan fingerprint density at radius 1 is 1.50 bits per heavy atom. The Bertz CT molecular complexity index is 190. The van der Waals surface area contributed by atoms with E-state index in [2.05, 4.69) is 13.3 Å². The van der Waals surface area contributed by atoms with Crippen molar-refractivity contribution in [2.45, 2.75) is 32.6 Å². The maximum absolute atomic E-state index is 11.8. The van der Waals surface area contributed by atoms with Crippen LogP contribution in [-0.2, 0) is 4.79 Å². The third-order valence-electron chi connectivity index (χ3n) is 2.99. The second kappa shape index (κ2) is 2.75. The molecule has 1 heterocycles. The average Bonchev–Trinajstić information content (AvgIpc) is 2.85. The van der Waals surface area contributed by atoms with Crippen LogP contribution in [0.3, 0.4) is 0 Å². The van der Waals surface area contributed by atoms with Crippen molar-refractivity contribution in [2.24, 2.45) is 5.41 Å². The van der Waals surface area contributed by atoms with Crippen molar-refractivity contribution in [3.05, 3.63) is 6.42 Å². The summed E-state index contributed by atoms with van der Waals surface area (Å²) in [5, 5.41) is 0. The molecule has 2 nitrogen and oxygen atoms in total. The fourth-order valence-electron chi connectivity index (χ4n) is 1.73. The van der Waals surface area contributed by atoms with E-state index in [1.165, 1.54) is 6.42 Å². The summed E-state index contributed by atoms with van der Waals surface area (Å²) >= 11 is 0. The molecular formula is C10H16NO. The Kier molecular flexibility index (Phi) is 1.85. The Balaban J connectivity index is 1.94. The van der Waals surface area contributed by atoms with E-state index in [-0.39, 0.29) is 5.41 Å². The average molecular weight is 166 g/mol. The van der Waals surface area contributed by atoms with Gasteiger partial charge in [-0.25, -0.2) is 0 Å². The molecule has 0 aromatic heterocycles. The minimum Gasteiger partial charge on any atom is -0.342 e. The van der Waals surface area contributed by atoms with Crippen molar-refractivity contribution < 1.29 is 4.79 Å². The molecule has 2 heteroatoms. The van der Waals surface area contributed by atoms with Gasteiger partial charge in [0.1, 0.15) is 0 Å². The Morgan fingerprint density at radius 2 is 2.25 bits per heavy atom. The lowest BCUT2D eigenvalue weighted by Crippen LogP contribution is -2.39. The summed E-state index contributed by atoms with van der Waals surface area (Å²) in [6.45, 7) is 3.95. The molecule has 0 spiro atoms. The smallest absolute Gasteiger partial charge is 0.228 e. The van der Waals surface area contributed by atoms with Crippen LogP contribution < -0.4 is 0 Å². The van der Waals surface area contributed by atoms with Crippen LogP contribution in [0.1, 0.15) is 32.6 Å². The minimum atomic E-state index is 0.0329. The first-order chi connectivity index (χ1) is 5.72. The molecule has 1 radical (unpaired) electrons. The van der Waals surface area contributed by atoms with E-state index in [9.17, 15) is 4.79 Å². The molecule has 0 bridgehead atoms. The molecule has 0 unspecified atom stereocenters. The van der Waals surface area contributed by atoms with Gasteiger partial charge in [0, 0.05) is 18.5 Å². The van der Waals surface area contributed by atoms with Crippen LogP contribution in [0, 0.1) is 11.8 Å². The van der Waals surface area contributed by atoms with Gasteiger partial charge in [0.15, 0.2) is 0 Å². The van der Waals surface area contributed by atoms with Crippen molar-refractivity contribution in [1.82, 2.24) is 4.90 Å². The molecular weight excluding hydrogens is 150 g/mol. The number of carbonyl (C=O) groups is 1. The maximum atomic E-state index is 11.8. The van der Waals surface area contributed by atoms with Gasteiger partial charge in [-0.15, -0.1) is 0 Å². The van der Waals surface area contributed by atoms with Gasteiger partial charge in [0.25, 0.3) is 0 Å². The minimum absolute atomic E-state index is 0.0329. The fraction of sp³-hybridized carbons (Fsp3) is 0.800. The Hall–Kier alpha value is -0.530. The zero-order valence-corrected chi connectivity index (χ0v) is 7.68. The second-order valence-electron chi connectivity index (χ2n) is 4.24. The van der Waals surface area contributed by atoms with Gasteiger partial charge >= 0.3 is 0 Å². The normalized spacial score (nSPS) is 26.9. The Labute approximate surface area is 73.9 Å². The second-order valence-corrected chi connectivity index (χ2v) is 4.24. The molecule has 1 saturated carbocycles. The molecule has 67 valence electrons. The van der Waals surface area contributed by atoms with E-state index >= 15 is 0 Å². The zero-order chi connectivity index (χ0) is 8.60. The lowest BCUT2D eigenvalue weighted by molar-refractivity contribution is -0.136. The monoisotopic (exact) mass is 166 g/mol. The first-order valence-electron chi connectivity index (χ1n) is 4.83. The van der Waals surface area contributed by atoms with E-state index in [4.69, 9.17) is 0 Å². The van der Waals surface area contributed by atoms with Crippen molar-refractivity contribution in [3.8, 4) is 0 Å². The predicted octanol–water partition coefficient (Wildman–Crippen LogP) is 1.61. The van der Waals surface area contributed by atoms with Crippen LogP contribution in [0.25, 0.3) is 0 Å². The highest BCUT2D eigenvalue weighted by Crippen LogP contribution is 2.46. The summed E-state index contributed by atoms with van der Waals surface area (Å²) < 4.78 is 0. The zero-order valence-electron chi connectivity index (χ0n) is 7.68. The van der Waals surface area contributed by atoms with Crippen molar-refractivity contribution in [2.75, 3.05) is 13.1 Å². The standard InChI is InChI=1S/C10H16NO/c1-10(5-6-10)9(12)11-7-3-2-4-8-11/h3H,2,4-8H2,1H3. The predicted molar refractivity (Wildman–Crippen MR) is 47.5 cm³/mol. The molecule has 2 fully saturated rings. The van der Waals surface area contributed by atoms with Crippen LogP contribution in [0.15, 0.2) is 0 Å². The van der Waals surface area contributed by atoms with Gasteiger partial charge in [-0.2, -0.15) is 0 Å². The lowest BCUT2D eigenvalue weighted by atomic mass is 10.1. The van der Waals surface area contributed by atoms with Crippen LogP contribution in [-0.4, -0.2) is 23.9 Å². The molecule has 0 aromatic rings. The molecule has 1 amide bonds. The summed E-state index contributed by atoms with van der Waals surface area (Å²) in [5.74, 6) is 0.387. The lowest BCUT2D eigenvalue weighted by Gasteiger charge is -2.29. The summed E-state index contributed by atoms with van der Waals surface area (Å²) in [6, 6.07) is 0. The molecule has 1 saturated heterocycles. The Morgan fingerprint density at radius 3 is 2.75 bits per heavy atom. The number of piperidine rings is 1. The summed E-state index contributed by atoms with van der Waals surface area (Å²) in [6.07, 6.45) is 6.75. The number of likely N-dealkylation sites (tertiary alicyclic amines) is 1. The number of hydrogen-bond acceptors (Lipinski definition) is 1. The highest BCUT2D eigenvalue weighted by atomic mass is 16.2. The quantitative estimate of drug-likeness (QED) is 0.579. The molecule has 1 aliphatic heterocycles. The first kappa shape index (κ1) is 8.09. The van der Waals surface area contributed by atoms with Crippen molar-refractivity contribution in [3.63, 3.8) is 0 Å². The largest absolute Gasteiger partial charge is 0.342 e. The third kappa shape index (κ3) is 1.35. The SMILES string of the molecule is CC1(C(=O)N2C[CH]CCC2)CC1. The van der Waals surface area contributed by atoms with Crippen molar-refractivity contribution >= 4 is 5.91 Å². The van der Waals surface area contributed by atoms with Gasteiger partial charge in [0.05, 0.1) is 0 Å². The van der Waals surface area contributed by atoms with Crippen LogP contribution in [0.4, 0.5) is 0 Å². The molecule has 12 heavy (non-hydrogen) atoms. The van der Waals surface area contributed by atoms with Crippen LogP contribution in [0.2, 0.25) is 0 Å². The number of carbonyl (C=O) groups excluding carboxylic acids is 1. The van der Waals surface area contributed by atoms with Gasteiger partial charge in [-0.1, -0.05) is 6.92 Å². The molecule has 0 N–H and O–H groups in total. The fourth-order valence-corrected chi connectivity index (χ4v) is 1.73. The maximum Gasteiger partial charge on any atom is 0.228 e. The highest BCUT2D eigenvalue weighted by molar-refractivity contribution is 5.85. The van der Waals surface area contributed by atoms with E-state index in [1.807, 2.05) is 4.90 Å².